The van der Waals surface area contributed by atoms with Gasteiger partial charge in [-0.05, 0) is 26.7 Å². The number of piperidine rings is 1. The maximum absolute atomic E-state index is 12.5. The number of urea groups is 1. The molecule has 0 unspecified atom stereocenters. The van der Waals surface area contributed by atoms with Gasteiger partial charge in [0.25, 0.3) is 0 Å². The number of hydrogen-bond acceptors (Lipinski definition) is 3. The first-order valence-corrected chi connectivity index (χ1v) is 8.37. The molecule has 7 nitrogen and oxygen atoms in total. The Bertz CT molecular complexity index is 622. The third-order valence-electron chi connectivity index (χ3n) is 4.73. The number of halogens is 1. The van der Waals surface area contributed by atoms with E-state index in [1.165, 1.54) is 0 Å². The molecule has 3 heterocycles. The van der Waals surface area contributed by atoms with E-state index in [4.69, 9.17) is 11.6 Å². The van der Waals surface area contributed by atoms with E-state index >= 15 is 0 Å². The van der Waals surface area contributed by atoms with Crippen LogP contribution in [0, 0.1) is 13.8 Å². The van der Waals surface area contributed by atoms with Crippen LogP contribution in [0.4, 0.5) is 4.79 Å². The predicted molar refractivity (Wildman–Crippen MR) is 86.4 cm³/mol. The van der Waals surface area contributed by atoms with Crippen LogP contribution in [-0.4, -0.2) is 63.7 Å². The average molecular weight is 340 g/mol. The lowest BCUT2D eigenvalue weighted by Crippen LogP contribution is -2.48. The number of likely N-dealkylation sites (tertiary alicyclic amines) is 1. The molecule has 23 heavy (non-hydrogen) atoms. The molecule has 0 aromatic carbocycles. The Kier molecular flexibility index (Phi) is 4.48. The summed E-state index contributed by atoms with van der Waals surface area (Å²) in [5, 5.41) is 7.76. The third kappa shape index (κ3) is 3.15. The molecule has 0 aliphatic carbocycles. The van der Waals surface area contributed by atoms with Crippen molar-refractivity contribution in [3.8, 4) is 0 Å². The zero-order valence-corrected chi connectivity index (χ0v) is 14.3. The van der Waals surface area contributed by atoms with Crippen LogP contribution in [0.1, 0.15) is 24.2 Å². The summed E-state index contributed by atoms with van der Waals surface area (Å²) in [6, 6.07) is 0.261. The van der Waals surface area contributed by atoms with Crippen LogP contribution in [0.25, 0.3) is 0 Å². The van der Waals surface area contributed by atoms with Crippen LogP contribution in [0.15, 0.2) is 0 Å². The standard InChI is InChI=1S/C15H22ClN5O2/c1-10-14(16)11(2)21(18-10)9-13(22)19-6-3-12(4-7-19)20-8-5-17-15(20)23/h12H,3-9H2,1-2H3,(H,17,23). The molecule has 0 atom stereocenters. The van der Waals surface area contributed by atoms with Crippen molar-refractivity contribution in [3.63, 3.8) is 0 Å². The number of aromatic nitrogens is 2. The molecule has 1 aromatic rings. The van der Waals surface area contributed by atoms with E-state index in [1.807, 2.05) is 23.6 Å². The van der Waals surface area contributed by atoms with Gasteiger partial charge in [0.2, 0.25) is 5.91 Å². The molecule has 0 bridgehead atoms. The Morgan fingerprint density at radius 2 is 2.00 bits per heavy atom. The van der Waals surface area contributed by atoms with Crippen LogP contribution in [-0.2, 0) is 11.3 Å². The second kappa shape index (κ2) is 6.39. The van der Waals surface area contributed by atoms with E-state index < -0.39 is 0 Å². The summed E-state index contributed by atoms with van der Waals surface area (Å²) in [5.41, 5.74) is 1.57. The number of nitrogens with one attached hydrogen (secondary N) is 1. The molecule has 2 aliphatic heterocycles. The van der Waals surface area contributed by atoms with Crippen LogP contribution in [0.5, 0.6) is 0 Å². The van der Waals surface area contributed by atoms with Crippen molar-refractivity contribution in [1.82, 2.24) is 24.9 Å². The van der Waals surface area contributed by atoms with E-state index in [-0.39, 0.29) is 24.5 Å². The van der Waals surface area contributed by atoms with Crippen LogP contribution in [0.2, 0.25) is 5.02 Å². The third-order valence-corrected chi connectivity index (χ3v) is 5.27. The van der Waals surface area contributed by atoms with Crippen molar-refractivity contribution in [2.24, 2.45) is 0 Å². The van der Waals surface area contributed by atoms with Crippen LogP contribution < -0.4 is 5.32 Å². The van der Waals surface area contributed by atoms with Gasteiger partial charge in [-0.15, -0.1) is 0 Å². The van der Waals surface area contributed by atoms with Gasteiger partial charge in [0.15, 0.2) is 0 Å². The topological polar surface area (TPSA) is 70.5 Å². The fourth-order valence-electron chi connectivity index (χ4n) is 3.32. The molecule has 2 fully saturated rings. The van der Waals surface area contributed by atoms with E-state index in [1.54, 1.807) is 4.68 Å². The quantitative estimate of drug-likeness (QED) is 0.898. The van der Waals surface area contributed by atoms with Gasteiger partial charge >= 0.3 is 6.03 Å². The van der Waals surface area contributed by atoms with Gasteiger partial charge in [0.1, 0.15) is 6.54 Å². The van der Waals surface area contributed by atoms with Crippen molar-refractivity contribution in [2.45, 2.75) is 39.3 Å². The van der Waals surface area contributed by atoms with E-state index in [0.717, 1.165) is 37.3 Å². The summed E-state index contributed by atoms with van der Waals surface area (Å²) in [5.74, 6) is 0.0524. The Morgan fingerprint density at radius 1 is 1.30 bits per heavy atom. The molecule has 2 saturated heterocycles. The van der Waals surface area contributed by atoms with Gasteiger partial charge in [-0.25, -0.2) is 4.79 Å². The highest BCUT2D eigenvalue weighted by molar-refractivity contribution is 6.31. The Balaban J connectivity index is 1.56. The molecule has 0 saturated carbocycles. The summed E-state index contributed by atoms with van der Waals surface area (Å²) in [6.45, 7) is 6.77. The van der Waals surface area contributed by atoms with Crippen molar-refractivity contribution in [1.29, 1.82) is 0 Å². The van der Waals surface area contributed by atoms with Crippen molar-refractivity contribution in [3.05, 3.63) is 16.4 Å². The Morgan fingerprint density at radius 3 is 2.52 bits per heavy atom. The highest BCUT2D eigenvalue weighted by Gasteiger charge is 2.32. The molecular formula is C15H22ClN5O2. The first kappa shape index (κ1) is 16.1. The normalized spacial score (nSPS) is 19.3. The summed E-state index contributed by atoms with van der Waals surface area (Å²) in [6.07, 6.45) is 1.66. The van der Waals surface area contributed by atoms with Crippen molar-refractivity contribution >= 4 is 23.5 Å². The first-order valence-electron chi connectivity index (χ1n) is 7.99. The summed E-state index contributed by atoms with van der Waals surface area (Å²) in [7, 11) is 0. The Hall–Kier alpha value is -1.76. The van der Waals surface area contributed by atoms with Gasteiger partial charge < -0.3 is 15.1 Å². The zero-order valence-electron chi connectivity index (χ0n) is 13.5. The molecular weight excluding hydrogens is 318 g/mol. The average Bonchev–Trinajstić information content (AvgIpc) is 3.07. The lowest BCUT2D eigenvalue weighted by molar-refractivity contribution is -0.133. The van der Waals surface area contributed by atoms with Gasteiger partial charge in [-0.2, -0.15) is 5.10 Å². The van der Waals surface area contributed by atoms with Crippen molar-refractivity contribution < 1.29 is 9.59 Å². The van der Waals surface area contributed by atoms with E-state index in [0.29, 0.717) is 18.1 Å². The van der Waals surface area contributed by atoms with Crippen molar-refractivity contribution in [2.75, 3.05) is 26.2 Å². The van der Waals surface area contributed by atoms with Gasteiger partial charge in [0.05, 0.1) is 16.4 Å². The molecule has 1 N–H and O–H groups in total. The largest absolute Gasteiger partial charge is 0.341 e. The molecule has 1 aromatic heterocycles. The fourth-order valence-corrected chi connectivity index (χ4v) is 3.45. The number of nitrogens with zero attached hydrogens (tertiary/aromatic N) is 4. The second-order valence-electron chi connectivity index (χ2n) is 6.18. The monoisotopic (exact) mass is 339 g/mol. The molecule has 0 spiro atoms. The smallest absolute Gasteiger partial charge is 0.317 e. The predicted octanol–water partition coefficient (Wildman–Crippen LogP) is 1.17. The minimum Gasteiger partial charge on any atom is -0.341 e. The maximum Gasteiger partial charge on any atom is 0.317 e. The molecule has 3 amide bonds. The maximum atomic E-state index is 12.5. The lowest BCUT2D eigenvalue weighted by Gasteiger charge is -2.36. The minimum absolute atomic E-state index is 0.0204. The van der Waals surface area contributed by atoms with Gasteiger partial charge in [0, 0.05) is 32.2 Å². The molecule has 8 heteroatoms. The summed E-state index contributed by atoms with van der Waals surface area (Å²) < 4.78 is 1.67. The number of carbonyl (C=O) groups is 2. The number of carbonyl (C=O) groups excluding carboxylic acids is 2. The SMILES string of the molecule is Cc1nn(CC(=O)N2CCC(N3CCNC3=O)CC2)c(C)c1Cl. The van der Waals surface area contributed by atoms with Gasteiger partial charge in [-0.1, -0.05) is 11.6 Å². The molecule has 126 valence electrons. The fraction of sp³-hybridized carbons (Fsp3) is 0.667. The number of hydrogen-bond donors (Lipinski definition) is 1. The highest BCUT2D eigenvalue weighted by atomic mass is 35.5. The molecule has 2 aliphatic rings. The number of rotatable bonds is 3. The summed E-state index contributed by atoms with van der Waals surface area (Å²) in [4.78, 5) is 27.9. The van der Waals surface area contributed by atoms with E-state index in [2.05, 4.69) is 10.4 Å². The minimum atomic E-state index is 0.0204. The summed E-state index contributed by atoms with van der Waals surface area (Å²) >= 11 is 6.12. The number of amides is 3. The van der Waals surface area contributed by atoms with Crippen LogP contribution in [0.3, 0.4) is 0 Å². The zero-order chi connectivity index (χ0) is 16.6. The molecule has 3 rings (SSSR count). The lowest BCUT2D eigenvalue weighted by atomic mass is 10.0. The molecule has 0 radical (unpaired) electrons. The first-order chi connectivity index (χ1) is 11.0. The van der Waals surface area contributed by atoms with Gasteiger partial charge in [-0.3, -0.25) is 9.48 Å². The van der Waals surface area contributed by atoms with E-state index in [9.17, 15) is 9.59 Å². The Labute approximate surface area is 140 Å². The highest BCUT2D eigenvalue weighted by Crippen LogP contribution is 2.21. The van der Waals surface area contributed by atoms with Crippen LogP contribution >= 0.6 is 11.6 Å². The second-order valence-corrected chi connectivity index (χ2v) is 6.56. The number of aryl methyl sites for hydroxylation is 1.